The number of hydrogen-bond donors (Lipinski definition) is 0. The van der Waals surface area contributed by atoms with Gasteiger partial charge in [-0.25, -0.2) is 0 Å². The maximum Gasteiger partial charge on any atom is 0.133 e. The van der Waals surface area contributed by atoms with Crippen LogP contribution in [0, 0.1) is 11.8 Å². The first-order valence-electron chi connectivity index (χ1n) is 15.9. The fraction of sp³-hybridized carbons (Fsp3) is 0.969. The SMILES string of the molecule is CCCCCCCN(CCCCCCCC(=O)CC1CCCCCCCC(C)CC1)CCN(C)C. The average Bonchev–Trinajstić information content (AvgIpc) is 2.87. The third-order valence-corrected chi connectivity index (χ3v) is 8.26. The van der Waals surface area contributed by atoms with Gasteiger partial charge in [-0.3, -0.25) is 4.79 Å². The second-order valence-corrected chi connectivity index (χ2v) is 12.2. The lowest BCUT2D eigenvalue weighted by Crippen LogP contribution is -2.33. The van der Waals surface area contributed by atoms with E-state index in [0.717, 1.165) is 31.7 Å². The van der Waals surface area contributed by atoms with E-state index in [4.69, 9.17) is 0 Å². The van der Waals surface area contributed by atoms with Crippen molar-refractivity contribution in [1.29, 1.82) is 0 Å². The number of likely N-dealkylation sites (N-methyl/N-ethyl adjacent to an activating group) is 1. The Bertz CT molecular complexity index is 478. The van der Waals surface area contributed by atoms with E-state index < -0.39 is 0 Å². The minimum absolute atomic E-state index is 0.551. The molecular weight excluding hydrogens is 428 g/mol. The number of ketones is 1. The first-order valence-corrected chi connectivity index (χ1v) is 15.9. The van der Waals surface area contributed by atoms with Crippen molar-refractivity contribution in [2.45, 2.75) is 149 Å². The van der Waals surface area contributed by atoms with E-state index in [1.165, 1.54) is 135 Å². The van der Waals surface area contributed by atoms with E-state index in [-0.39, 0.29) is 0 Å². The molecule has 0 spiro atoms. The summed E-state index contributed by atoms with van der Waals surface area (Å²) in [7, 11) is 4.37. The molecule has 3 heteroatoms. The largest absolute Gasteiger partial charge is 0.308 e. The van der Waals surface area contributed by atoms with Crippen LogP contribution in [0.5, 0.6) is 0 Å². The fourth-order valence-electron chi connectivity index (χ4n) is 5.70. The highest BCUT2D eigenvalue weighted by molar-refractivity contribution is 5.78. The first-order chi connectivity index (χ1) is 17.0. The van der Waals surface area contributed by atoms with Crippen LogP contribution >= 0.6 is 0 Å². The third-order valence-electron chi connectivity index (χ3n) is 8.26. The van der Waals surface area contributed by atoms with Crippen molar-refractivity contribution < 1.29 is 4.79 Å². The Kier molecular flexibility index (Phi) is 21.2. The quantitative estimate of drug-likeness (QED) is 0.168. The fourth-order valence-corrected chi connectivity index (χ4v) is 5.70. The molecule has 3 nitrogen and oxygen atoms in total. The van der Waals surface area contributed by atoms with Gasteiger partial charge in [-0.2, -0.15) is 0 Å². The van der Waals surface area contributed by atoms with Crippen LogP contribution in [0.1, 0.15) is 149 Å². The van der Waals surface area contributed by atoms with Gasteiger partial charge in [0, 0.05) is 25.9 Å². The van der Waals surface area contributed by atoms with Crippen molar-refractivity contribution in [2.24, 2.45) is 11.8 Å². The number of carbonyl (C=O) groups excluding carboxylic acids is 1. The van der Waals surface area contributed by atoms with Crippen LogP contribution < -0.4 is 0 Å². The zero-order valence-electron chi connectivity index (χ0n) is 24.6. The molecule has 208 valence electrons. The van der Waals surface area contributed by atoms with Crippen LogP contribution in [-0.4, -0.2) is 55.9 Å². The van der Waals surface area contributed by atoms with Crippen molar-refractivity contribution >= 4 is 5.78 Å². The summed E-state index contributed by atoms with van der Waals surface area (Å²) >= 11 is 0. The van der Waals surface area contributed by atoms with E-state index in [0.29, 0.717) is 11.7 Å². The van der Waals surface area contributed by atoms with Crippen molar-refractivity contribution in [1.82, 2.24) is 9.80 Å². The van der Waals surface area contributed by atoms with Gasteiger partial charge in [0.2, 0.25) is 0 Å². The molecule has 0 amide bonds. The number of carbonyl (C=O) groups is 1. The van der Waals surface area contributed by atoms with Crippen molar-refractivity contribution in [3.63, 3.8) is 0 Å². The van der Waals surface area contributed by atoms with Gasteiger partial charge in [-0.15, -0.1) is 0 Å². The standard InChI is InChI=1S/C32H64N2O/c1-5-6-7-13-18-25-34(28-27-33(3)4)26-19-14-9-12-17-22-32(35)29-31-21-16-11-8-10-15-20-30(2)23-24-31/h30-31H,5-29H2,1-4H3. The van der Waals surface area contributed by atoms with Crippen molar-refractivity contribution in [3.8, 4) is 0 Å². The summed E-state index contributed by atoms with van der Waals surface area (Å²) in [5.41, 5.74) is 0. The number of hydrogen-bond acceptors (Lipinski definition) is 3. The lowest BCUT2D eigenvalue weighted by atomic mass is 9.87. The lowest BCUT2D eigenvalue weighted by Gasteiger charge is -2.24. The van der Waals surface area contributed by atoms with Crippen LogP contribution in [-0.2, 0) is 4.79 Å². The maximum atomic E-state index is 12.7. The van der Waals surface area contributed by atoms with Crippen molar-refractivity contribution in [3.05, 3.63) is 0 Å². The third kappa shape index (κ3) is 20.3. The topological polar surface area (TPSA) is 23.6 Å². The molecule has 1 saturated carbocycles. The molecule has 1 aliphatic rings. The molecule has 0 aliphatic heterocycles. The summed E-state index contributed by atoms with van der Waals surface area (Å²) in [4.78, 5) is 17.7. The Labute approximate surface area is 221 Å². The van der Waals surface area contributed by atoms with Gasteiger partial charge in [-0.05, 0) is 64.7 Å². The molecule has 2 atom stereocenters. The highest BCUT2D eigenvalue weighted by atomic mass is 16.1. The second-order valence-electron chi connectivity index (χ2n) is 12.2. The van der Waals surface area contributed by atoms with Crippen LogP contribution in [0.4, 0.5) is 0 Å². The summed E-state index contributed by atoms with van der Waals surface area (Å²) in [6.07, 6.45) is 27.1. The van der Waals surface area contributed by atoms with Crippen molar-refractivity contribution in [2.75, 3.05) is 40.3 Å². The predicted molar refractivity (Wildman–Crippen MR) is 155 cm³/mol. The summed E-state index contributed by atoms with van der Waals surface area (Å²) in [5.74, 6) is 2.07. The molecule has 0 radical (unpaired) electrons. The molecule has 0 aromatic carbocycles. The Hall–Kier alpha value is -0.410. The summed E-state index contributed by atoms with van der Waals surface area (Å²) < 4.78 is 0. The Morgan fingerprint density at radius 3 is 1.94 bits per heavy atom. The normalized spacial score (nSPS) is 20.3. The van der Waals surface area contributed by atoms with E-state index in [9.17, 15) is 4.79 Å². The Morgan fingerprint density at radius 2 is 1.26 bits per heavy atom. The summed E-state index contributed by atoms with van der Waals surface area (Å²) in [6, 6.07) is 0. The molecule has 0 bridgehead atoms. The van der Waals surface area contributed by atoms with Gasteiger partial charge in [-0.1, -0.05) is 110 Å². The maximum absolute atomic E-state index is 12.7. The number of rotatable bonds is 19. The van der Waals surface area contributed by atoms with Crippen LogP contribution in [0.3, 0.4) is 0 Å². The minimum atomic E-state index is 0.551. The second kappa shape index (κ2) is 22.8. The zero-order chi connectivity index (χ0) is 25.6. The predicted octanol–water partition coefficient (Wildman–Crippen LogP) is 8.90. The molecule has 2 unspecified atom stereocenters. The van der Waals surface area contributed by atoms with Crippen LogP contribution in [0.25, 0.3) is 0 Å². The van der Waals surface area contributed by atoms with Gasteiger partial charge in [0.15, 0.2) is 0 Å². The molecule has 0 aromatic rings. The van der Waals surface area contributed by atoms with E-state index in [1.807, 2.05) is 0 Å². The molecule has 0 N–H and O–H groups in total. The molecular formula is C32H64N2O. The zero-order valence-corrected chi connectivity index (χ0v) is 24.6. The number of nitrogens with zero attached hydrogens (tertiary/aromatic N) is 2. The summed E-state index contributed by atoms with van der Waals surface area (Å²) in [6.45, 7) is 9.60. The molecule has 35 heavy (non-hydrogen) atoms. The van der Waals surface area contributed by atoms with Gasteiger partial charge in [0.25, 0.3) is 0 Å². The van der Waals surface area contributed by atoms with E-state index in [2.05, 4.69) is 37.7 Å². The molecule has 1 rings (SSSR count). The summed E-state index contributed by atoms with van der Waals surface area (Å²) in [5, 5.41) is 0. The van der Waals surface area contributed by atoms with Gasteiger partial charge < -0.3 is 9.80 Å². The number of unbranched alkanes of at least 4 members (excludes halogenated alkanes) is 8. The number of Topliss-reactive ketones (excluding diaryl/α,β-unsaturated/α-hetero) is 1. The highest BCUT2D eigenvalue weighted by Crippen LogP contribution is 2.27. The first kappa shape index (κ1) is 32.6. The monoisotopic (exact) mass is 493 g/mol. The van der Waals surface area contributed by atoms with Crippen LogP contribution in [0.2, 0.25) is 0 Å². The van der Waals surface area contributed by atoms with E-state index >= 15 is 0 Å². The Morgan fingerprint density at radius 1 is 0.657 bits per heavy atom. The van der Waals surface area contributed by atoms with E-state index in [1.54, 1.807) is 0 Å². The molecule has 0 aromatic heterocycles. The average molecular weight is 493 g/mol. The molecule has 0 saturated heterocycles. The van der Waals surface area contributed by atoms with Gasteiger partial charge in [0.1, 0.15) is 5.78 Å². The Balaban J connectivity index is 2.15. The molecule has 1 aliphatic carbocycles. The minimum Gasteiger partial charge on any atom is -0.308 e. The van der Waals surface area contributed by atoms with Gasteiger partial charge >= 0.3 is 0 Å². The highest BCUT2D eigenvalue weighted by Gasteiger charge is 2.16. The van der Waals surface area contributed by atoms with Crippen LogP contribution in [0.15, 0.2) is 0 Å². The molecule has 0 heterocycles. The lowest BCUT2D eigenvalue weighted by molar-refractivity contribution is -0.120. The van der Waals surface area contributed by atoms with Gasteiger partial charge in [0.05, 0.1) is 0 Å². The molecule has 1 fully saturated rings. The smallest absolute Gasteiger partial charge is 0.133 e.